The monoisotopic (exact) mass is 483 g/mol. The van der Waals surface area contributed by atoms with Gasteiger partial charge in [0.2, 0.25) is 5.91 Å². The first-order valence-electron chi connectivity index (χ1n) is 12.8. The minimum Gasteiger partial charge on any atom is -0.494 e. The van der Waals surface area contributed by atoms with Crippen molar-refractivity contribution in [3.63, 3.8) is 0 Å². The average molecular weight is 484 g/mol. The summed E-state index contributed by atoms with van der Waals surface area (Å²) in [5.74, 6) is 2.79. The molecule has 186 valence electrons. The lowest BCUT2D eigenvalue weighted by molar-refractivity contribution is -0.117. The van der Waals surface area contributed by atoms with Crippen molar-refractivity contribution in [1.82, 2.24) is 9.55 Å². The number of carbonyl (C=O) groups is 1. The molecule has 4 aromatic rings. The number of hydrogen-bond acceptors (Lipinski definition) is 4. The Morgan fingerprint density at radius 2 is 1.81 bits per heavy atom. The SMILES string of the molecule is CCOc1ccccc1N1C[C@H](c2nc3ccccc3n2CCCCOc2cccc(C)c2)CC1=O. The van der Waals surface area contributed by atoms with E-state index >= 15 is 0 Å². The van der Waals surface area contributed by atoms with E-state index < -0.39 is 0 Å². The van der Waals surface area contributed by atoms with Gasteiger partial charge >= 0.3 is 0 Å². The highest BCUT2D eigenvalue weighted by atomic mass is 16.5. The number of rotatable bonds is 10. The predicted octanol–water partition coefficient (Wildman–Crippen LogP) is 6.12. The predicted molar refractivity (Wildman–Crippen MR) is 143 cm³/mol. The largest absolute Gasteiger partial charge is 0.494 e. The van der Waals surface area contributed by atoms with Crippen molar-refractivity contribution < 1.29 is 14.3 Å². The van der Waals surface area contributed by atoms with E-state index in [1.54, 1.807) is 0 Å². The average Bonchev–Trinajstić information content (AvgIpc) is 3.45. The van der Waals surface area contributed by atoms with Crippen LogP contribution in [0.25, 0.3) is 11.0 Å². The molecule has 0 spiro atoms. The van der Waals surface area contributed by atoms with Crippen LogP contribution < -0.4 is 14.4 Å². The quantitative estimate of drug-likeness (QED) is 0.255. The molecular weight excluding hydrogens is 450 g/mol. The van der Waals surface area contributed by atoms with Gasteiger partial charge in [-0.05, 0) is 68.7 Å². The number of unbranched alkanes of at least 4 members (excludes halogenated alkanes) is 1. The molecule has 6 heteroatoms. The zero-order valence-electron chi connectivity index (χ0n) is 21.0. The Kier molecular flexibility index (Phi) is 7.21. The number of fused-ring (bicyclic) bond motifs is 1. The zero-order valence-corrected chi connectivity index (χ0v) is 21.0. The Labute approximate surface area is 212 Å². The molecular formula is C30H33N3O3. The van der Waals surface area contributed by atoms with Crippen LogP contribution in [0.15, 0.2) is 72.8 Å². The van der Waals surface area contributed by atoms with Gasteiger partial charge in [-0.3, -0.25) is 4.79 Å². The number of anilines is 1. The number of nitrogens with zero attached hydrogens (tertiary/aromatic N) is 3. The van der Waals surface area contributed by atoms with Gasteiger partial charge in [-0.25, -0.2) is 4.98 Å². The van der Waals surface area contributed by atoms with E-state index in [-0.39, 0.29) is 11.8 Å². The fourth-order valence-electron chi connectivity index (χ4n) is 4.98. The van der Waals surface area contributed by atoms with Gasteiger partial charge in [0.25, 0.3) is 0 Å². The second-order valence-corrected chi connectivity index (χ2v) is 9.29. The third kappa shape index (κ3) is 5.08. The van der Waals surface area contributed by atoms with Crippen LogP contribution in [0.2, 0.25) is 0 Å². The summed E-state index contributed by atoms with van der Waals surface area (Å²) in [5, 5.41) is 0. The Hall–Kier alpha value is -3.80. The van der Waals surface area contributed by atoms with Gasteiger partial charge < -0.3 is 18.9 Å². The molecule has 5 rings (SSSR count). The van der Waals surface area contributed by atoms with Crippen molar-refractivity contribution in [3.05, 3.63) is 84.2 Å². The first kappa shape index (κ1) is 23.9. The molecule has 1 aliphatic rings. The van der Waals surface area contributed by atoms with Crippen LogP contribution in [0.1, 0.15) is 43.5 Å². The van der Waals surface area contributed by atoms with E-state index in [1.807, 2.05) is 54.3 Å². The van der Waals surface area contributed by atoms with E-state index in [9.17, 15) is 4.79 Å². The van der Waals surface area contributed by atoms with Gasteiger partial charge in [-0.2, -0.15) is 0 Å². The summed E-state index contributed by atoms with van der Waals surface area (Å²) in [7, 11) is 0. The highest BCUT2D eigenvalue weighted by Gasteiger charge is 2.35. The normalized spacial score (nSPS) is 15.6. The number of carbonyl (C=O) groups excluding carboxylic acids is 1. The Morgan fingerprint density at radius 1 is 0.972 bits per heavy atom. The third-order valence-electron chi connectivity index (χ3n) is 6.66. The van der Waals surface area contributed by atoms with Crippen LogP contribution in [-0.4, -0.2) is 35.2 Å². The molecule has 3 aromatic carbocycles. The number of hydrogen-bond donors (Lipinski definition) is 0. The lowest BCUT2D eigenvalue weighted by Gasteiger charge is -2.20. The fourth-order valence-corrected chi connectivity index (χ4v) is 4.98. The molecule has 0 radical (unpaired) electrons. The van der Waals surface area contributed by atoms with E-state index in [0.717, 1.165) is 53.4 Å². The van der Waals surface area contributed by atoms with Crippen molar-refractivity contribution >= 4 is 22.6 Å². The van der Waals surface area contributed by atoms with Crippen LogP contribution >= 0.6 is 0 Å². The topological polar surface area (TPSA) is 56.6 Å². The number of para-hydroxylation sites is 4. The third-order valence-corrected chi connectivity index (χ3v) is 6.66. The maximum absolute atomic E-state index is 13.1. The first-order chi connectivity index (χ1) is 17.6. The highest BCUT2D eigenvalue weighted by molar-refractivity contribution is 5.97. The second kappa shape index (κ2) is 10.9. The van der Waals surface area contributed by atoms with E-state index in [0.29, 0.717) is 26.2 Å². The minimum absolute atomic E-state index is 0.0307. The molecule has 1 aliphatic heterocycles. The zero-order chi connectivity index (χ0) is 24.9. The number of amides is 1. The smallest absolute Gasteiger partial charge is 0.227 e. The summed E-state index contributed by atoms with van der Waals surface area (Å²) in [6.45, 7) is 6.71. The van der Waals surface area contributed by atoms with Crippen LogP contribution in [0.3, 0.4) is 0 Å². The molecule has 0 N–H and O–H groups in total. The van der Waals surface area contributed by atoms with Crippen molar-refractivity contribution in [1.29, 1.82) is 0 Å². The van der Waals surface area contributed by atoms with Crippen molar-refractivity contribution in [2.45, 2.75) is 45.6 Å². The molecule has 0 bridgehead atoms. The Balaban J connectivity index is 1.31. The molecule has 1 amide bonds. The molecule has 1 saturated heterocycles. The van der Waals surface area contributed by atoms with Gasteiger partial charge in [0.05, 0.1) is 29.9 Å². The molecule has 0 saturated carbocycles. The molecule has 1 fully saturated rings. The summed E-state index contributed by atoms with van der Waals surface area (Å²) < 4.78 is 14.0. The van der Waals surface area contributed by atoms with Crippen LogP contribution in [0, 0.1) is 6.92 Å². The Morgan fingerprint density at radius 3 is 2.67 bits per heavy atom. The van der Waals surface area contributed by atoms with E-state index in [1.165, 1.54) is 5.56 Å². The summed E-state index contributed by atoms with van der Waals surface area (Å²) in [6.07, 6.45) is 2.36. The van der Waals surface area contributed by atoms with Gasteiger partial charge in [0.1, 0.15) is 17.3 Å². The second-order valence-electron chi connectivity index (χ2n) is 9.29. The molecule has 2 heterocycles. The van der Waals surface area contributed by atoms with Gasteiger partial charge in [0, 0.05) is 25.4 Å². The summed E-state index contributed by atoms with van der Waals surface area (Å²) in [6, 6.07) is 24.2. The maximum atomic E-state index is 13.1. The molecule has 6 nitrogen and oxygen atoms in total. The van der Waals surface area contributed by atoms with E-state index in [2.05, 4.69) is 41.8 Å². The highest BCUT2D eigenvalue weighted by Crippen LogP contribution is 2.37. The summed E-state index contributed by atoms with van der Waals surface area (Å²) >= 11 is 0. The molecule has 0 aliphatic carbocycles. The van der Waals surface area contributed by atoms with Crippen LogP contribution in [-0.2, 0) is 11.3 Å². The number of aryl methyl sites for hydroxylation is 2. The number of aromatic nitrogens is 2. The fraction of sp³-hybridized carbons (Fsp3) is 0.333. The van der Waals surface area contributed by atoms with Crippen LogP contribution in [0.5, 0.6) is 11.5 Å². The number of benzene rings is 3. The van der Waals surface area contributed by atoms with Crippen molar-refractivity contribution in [2.24, 2.45) is 0 Å². The molecule has 1 aromatic heterocycles. The van der Waals surface area contributed by atoms with Crippen LogP contribution in [0.4, 0.5) is 5.69 Å². The first-order valence-corrected chi connectivity index (χ1v) is 12.8. The van der Waals surface area contributed by atoms with Crippen molar-refractivity contribution in [2.75, 3.05) is 24.7 Å². The number of imidazole rings is 1. The maximum Gasteiger partial charge on any atom is 0.227 e. The summed E-state index contributed by atoms with van der Waals surface area (Å²) in [4.78, 5) is 20.0. The summed E-state index contributed by atoms with van der Waals surface area (Å²) in [5.41, 5.74) is 4.13. The van der Waals surface area contributed by atoms with Gasteiger partial charge in [0.15, 0.2) is 0 Å². The molecule has 1 atom stereocenters. The van der Waals surface area contributed by atoms with Crippen molar-refractivity contribution in [3.8, 4) is 11.5 Å². The van der Waals surface area contributed by atoms with E-state index in [4.69, 9.17) is 14.5 Å². The minimum atomic E-state index is 0.0307. The lowest BCUT2D eigenvalue weighted by atomic mass is 10.1. The standard InChI is InChI=1S/C30H33N3O3/c1-3-35-28-16-7-6-15-27(28)33-21-23(20-29(33)34)30-31-25-13-4-5-14-26(25)32(30)17-8-9-18-36-24-12-10-11-22(2)19-24/h4-7,10-16,19,23H,3,8-9,17-18,20-21H2,1-2H3/t23-/m1/s1. The van der Waals surface area contributed by atoms with Gasteiger partial charge in [-0.15, -0.1) is 0 Å². The Bertz CT molecular complexity index is 1350. The molecule has 0 unspecified atom stereocenters. The molecule has 36 heavy (non-hydrogen) atoms. The van der Waals surface area contributed by atoms with Gasteiger partial charge in [-0.1, -0.05) is 36.4 Å². The lowest BCUT2D eigenvalue weighted by Crippen LogP contribution is -2.25. The number of ether oxygens (including phenoxy) is 2.